The minimum absolute atomic E-state index is 0.127. The Kier molecular flexibility index (Phi) is 3.23. The highest BCUT2D eigenvalue weighted by Crippen LogP contribution is 2.17. The van der Waals surface area contributed by atoms with Crippen LogP contribution in [0.5, 0.6) is 5.75 Å². The first-order chi connectivity index (χ1) is 6.61. The zero-order chi connectivity index (χ0) is 10.6. The monoisotopic (exact) mass is 192 g/mol. The molecule has 14 heavy (non-hydrogen) atoms. The number of ketones is 1. The molecule has 0 spiro atoms. The predicted octanol–water partition coefficient (Wildman–Crippen LogP) is 1.08. The number of carbonyl (C=O) groups is 2. The zero-order valence-corrected chi connectivity index (χ0v) is 7.74. The third kappa shape index (κ3) is 2.58. The maximum Gasteiger partial charge on any atom is 0.276 e. The summed E-state index contributed by atoms with van der Waals surface area (Å²) in [5.41, 5.74) is 7.08. The molecule has 0 heterocycles. The summed E-state index contributed by atoms with van der Waals surface area (Å²) in [5.74, 6) is -0.595. The summed E-state index contributed by atoms with van der Waals surface area (Å²) in [5, 5.41) is 0. The van der Waals surface area contributed by atoms with Crippen molar-refractivity contribution < 1.29 is 14.3 Å². The maximum atomic E-state index is 11.1. The second-order valence-corrected chi connectivity index (χ2v) is 2.76. The lowest BCUT2D eigenvalue weighted by Gasteiger charge is -2.06. The lowest BCUT2D eigenvalue weighted by Crippen LogP contribution is -2.12. The molecule has 0 fully saturated rings. The molecular weight excluding hydrogens is 182 g/mol. The van der Waals surface area contributed by atoms with Gasteiger partial charge in [0.25, 0.3) is 5.91 Å². The summed E-state index contributed by atoms with van der Waals surface area (Å²) in [7, 11) is 0. The second kappa shape index (κ2) is 4.41. The lowest BCUT2D eigenvalue weighted by molar-refractivity contribution is -0.120. The fraction of sp³-hybridized carbons (Fsp3) is 0.200. The van der Waals surface area contributed by atoms with Crippen LogP contribution in [0.1, 0.15) is 17.3 Å². The van der Waals surface area contributed by atoms with Gasteiger partial charge in [-0.2, -0.15) is 0 Å². The van der Waals surface area contributed by atoms with Gasteiger partial charge in [-0.1, -0.05) is 12.1 Å². The number of Topliss-reactive ketones (excluding diaryl/α,β-unsaturated/α-hetero) is 1. The number of hydrogen-bond donors (Lipinski definition) is 0. The van der Waals surface area contributed by atoms with E-state index in [4.69, 9.17) is 10.5 Å². The molecule has 0 atom stereocenters. The first kappa shape index (κ1) is 10.2. The molecule has 4 heteroatoms. The number of amides is 1. The molecule has 1 N–H and O–H groups in total. The molecule has 1 aromatic rings. The van der Waals surface area contributed by atoms with Crippen LogP contribution in [0, 0.1) is 0 Å². The third-order valence-electron chi connectivity index (χ3n) is 1.63. The molecule has 0 unspecified atom stereocenters. The first-order valence-corrected chi connectivity index (χ1v) is 4.08. The van der Waals surface area contributed by atoms with Crippen molar-refractivity contribution >= 4 is 11.7 Å². The Morgan fingerprint density at radius 2 is 2.00 bits per heavy atom. The molecule has 0 aliphatic rings. The van der Waals surface area contributed by atoms with E-state index in [0.717, 1.165) is 0 Å². The number of benzene rings is 1. The summed E-state index contributed by atoms with van der Waals surface area (Å²) in [4.78, 5) is 21.5. The van der Waals surface area contributed by atoms with Crippen LogP contribution in [0.4, 0.5) is 0 Å². The molecule has 0 saturated carbocycles. The number of hydrogen-bond acceptors (Lipinski definition) is 3. The van der Waals surface area contributed by atoms with Crippen molar-refractivity contribution in [2.75, 3.05) is 6.61 Å². The van der Waals surface area contributed by atoms with Gasteiger partial charge < -0.3 is 4.74 Å². The van der Waals surface area contributed by atoms with Crippen LogP contribution < -0.4 is 10.5 Å². The highest BCUT2D eigenvalue weighted by Gasteiger charge is 2.07. The van der Waals surface area contributed by atoms with E-state index in [9.17, 15) is 9.59 Å². The summed E-state index contributed by atoms with van der Waals surface area (Å²) in [6, 6.07) is 6.63. The summed E-state index contributed by atoms with van der Waals surface area (Å²) < 4.78 is 5.00. The van der Waals surface area contributed by atoms with Crippen molar-refractivity contribution in [2.45, 2.75) is 6.92 Å². The third-order valence-corrected chi connectivity index (χ3v) is 1.63. The van der Waals surface area contributed by atoms with Crippen LogP contribution in [0.15, 0.2) is 24.3 Å². The van der Waals surface area contributed by atoms with Crippen molar-refractivity contribution in [3.8, 4) is 5.75 Å². The molecule has 1 amide bonds. The normalized spacial score (nSPS) is 9.50. The Bertz CT molecular complexity index is 360. The van der Waals surface area contributed by atoms with Crippen molar-refractivity contribution in [2.24, 2.45) is 0 Å². The molecule has 4 nitrogen and oxygen atoms in total. The number of para-hydroxylation sites is 1. The Morgan fingerprint density at radius 3 is 2.57 bits per heavy atom. The molecule has 0 aromatic heterocycles. The molecular formula is C10H10NO3. The average molecular weight is 192 g/mol. The molecule has 1 aromatic carbocycles. The van der Waals surface area contributed by atoms with E-state index >= 15 is 0 Å². The molecule has 1 radical (unpaired) electrons. The van der Waals surface area contributed by atoms with E-state index in [-0.39, 0.29) is 12.4 Å². The number of rotatable bonds is 4. The Balaban J connectivity index is 2.84. The largest absolute Gasteiger partial charge is 0.483 e. The fourth-order valence-corrected chi connectivity index (χ4v) is 1.03. The summed E-state index contributed by atoms with van der Waals surface area (Å²) >= 11 is 0. The van der Waals surface area contributed by atoms with E-state index in [2.05, 4.69) is 0 Å². The smallest absolute Gasteiger partial charge is 0.276 e. The molecule has 1 rings (SSSR count). The van der Waals surface area contributed by atoms with E-state index in [1.165, 1.54) is 6.92 Å². The summed E-state index contributed by atoms with van der Waals surface area (Å²) in [6.07, 6.45) is 0. The predicted molar refractivity (Wildman–Crippen MR) is 50.0 cm³/mol. The van der Waals surface area contributed by atoms with Gasteiger partial charge in [0.05, 0.1) is 5.56 Å². The van der Waals surface area contributed by atoms with Gasteiger partial charge in [-0.25, -0.2) is 0 Å². The van der Waals surface area contributed by atoms with Gasteiger partial charge in [-0.15, -0.1) is 0 Å². The van der Waals surface area contributed by atoms with Gasteiger partial charge in [0.2, 0.25) is 0 Å². The van der Waals surface area contributed by atoms with E-state index in [1.54, 1.807) is 24.3 Å². The Hall–Kier alpha value is -1.84. The van der Waals surface area contributed by atoms with Crippen LogP contribution in [-0.4, -0.2) is 18.3 Å². The summed E-state index contributed by atoms with van der Waals surface area (Å²) in [6.45, 7) is 1.09. The van der Waals surface area contributed by atoms with Crippen molar-refractivity contribution in [3.63, 3.8) is 0 Å². The van der Waals surface area contributed by atoms with E-state index in [0.29, 0.717) is 11.3 Å². The minimum Gasteiger partial charge on any atom is -0.483 e. The van der Waals surface area contributed by atoms with Gasteiger partial charge in [0.15, 0.2) is 12.4 Å². The minimum atomic E-state index is -0.816. The standard InChI is InChI=1S/C10H10NO3/c1-7(12)8-4-2-3-5-9(8)14-6-10(11)13/h2-5,11H,6H2,1H3. The molecule has 0 aliphatic carbocycles. The molecule has 0 saturated heterocycles. The van der Waals surface area contributed by atoms with Crippen LogP contribution >= 0.6 is 0 Å². The number of carbonyl (C=O) groups excluding carboxylic acids is 2. The quantitative estimate of drug-likeness (QED) is 0.670. The van der Waals surface area contributed by atoms with Crippen LogP contribution in [0.25, 0.3) is 0 Å². The van der Waals surface area contributed by atoms with Gasteiger partial charge >= 0.3 is 0 Å². The Labute approximate surface area is 81.7 Å². The highest BCUT2D eigenvalue weighted by molar-refractivity contribution is 5.96. The maximum absolute atomic E-state index is 11.1. The highest BCUT2D eigenvalue weighted by atomic mass is 16.5. The fourth-order valence-electron chi connectivity index (χ4n) is 1.03. The van der Waals surface area contributed by atoms with Gasteiger partial charge in [-0.3, -0.25) is 15.3 Å². The SMILES string of the molecule is CC(=O)c1ccccc1OCC([NH])=O. The topological polar surface area (TPSA) is 67.2 Å². The van der Waals surface area contributed by atoms with Gasteiger partial charge in [0.1, 0.15) is 5.75 Å². The molecule has 73 valence electrons. The zero-order valence-electron chi connectivity index (χ0n) is 7.74. The van der Waals surface area contributed by atoms with Crippen LogP contribution in [-0.2, 0) is 4.79 Å². The first-order valence-electron chi connectivity index (χ1n) is 4.08. The van der Waals surface area contributed by atoms with E-state index in [1.807, 2.05) is 0 Å². The van der Waals surface area contributed by atoms with Crippen molar-refractivity contribution in [1.82, 2.24) is 5.73 Å². The van der Waals surface area contributed by atoms with E-state index < -0.39 is 5.91 Å². The molecule has 0 bridgehead atoms. The average Bonchev–Trinajstić information content (AvgIpc) is 2.15. The van der Waals surface area contributed by atoms with Crippen LogP contribution in [0.3, 0.4) is 0 Å². The number of nitrogens with one attached hydrogen (secondary N) is 1. The van der Waals surface area contributed by atoms with Gasteiger partial charge in [0, 0.05) is 0 Å². The van der Waals surface area contributed by atoms with Crippen molar-refractivity contribution in [3.05, 3.63) is 29.8 Å². The Morgan fingerprint density at radius 1 is 1.36 bits per heavy atom. The molecule has 0 aliphatic heterocycles. The van der Waals surface area contributed by atoms with Crippen LogP contribution in [0.2, 0.25) is 0 Å². The van der Waals surface area contributed by atoms with Crippen molar-refractivity contribution in [1.29, 1.82) is 0 Å². The lowest BCUT2D eigenvalue weighted by atomic mass is 10.1. The van der Waals surface area contributed by atoms with Gasteiger partial charge in [-0.05, 0) is 19.1 Å². The second-order valence-electron chi connectivity index (χ2n) is 2.76. The number of ether oxygens (including phenoxy) is 1.